The van der Waals surface area contributed by atoms with Gasteiger partial charge in [-0.15, -0.1) is 13.2 Å². The van der Waals surface area contributed by atoms with Crippen molar-refractivity contribution in [3.05, 3.63) is 11.6 Å². The predicted octanol–water partition coefficient (Wildman–Crippen LogP) is 2.22. The Morgan fingerprint density at radius 1 is 1.33 bits per heavy atom. The van der Waals surface area contributed by atoms with E-state index in [0.717, 1.165) is 13.2 Å². The summed E-state index contributed by atoms with van der Waals surface area (Å²) >= 11 is 0. The second-order valence-electron chi connectivity index (χ2n) is 3.10. The van der Waals surface area contributed by atoms with Crippen LogP contribution in [0.25, 0.3) is 0 Å². The molecule has 1 aromatic rings. The lowest BCUT2D eigenvalue weighted by Gasteiger charge is -2.12. The van der Waals surface area contributed by atoms with E-state index in [9.17, 15) is 21.6 Å². The summed E-state index contributed by atoms with van der Waals surface area (Å²) in [5, 5.41) is 0. The van der Waals surface area contributed by atoms with E-state index in [-0.39, 0.29) is 5.56 Å². The zero-order chi connectivity index (χ0) is 14.1. The minimum Gasteiger partial charge on any atom is -0.480 e. The molecule has 1 aromatic heterocycles. The summed E-state index contributed by atoms with van der Waals surface area (Å²) in [6, 6.07) is 0.884. The van der Waals surface area contributed by atoms with Crippen molar-refractivity contribution in [3.8, 4) is 11.8 Å². The van der Waals surface area contributed by atoms with Crippen LogP contribution in [0.15, 0.2) is 11.0 Å². The highest BCUT2D eigenvalue weighted by atomic mass is 35.7. The summed E-state index contributed by atoms with van der Waals surface area (Å²) < 4.78 is 66.6. The quantitative estimate of drug-likeness (QED) is 0.801. The fraction of sp³-hybridized carbons (Fsp3) is 0.375. The molecule has 0 saturated heterocycles. The molecule has 0 unspecified atom stereocenters. The van der Waals surface area contributed by atoms with Crippen LogP contribution in [0, 0.1) is 6.92 Å². The third kappa shape index (κ3) is 3.64. The van der Waals surface area contributed by atoms with Gasteiger partial charge in [0.25, 0.3) is 9.05 Å². The Morgan fingerprint density at radius 3 is 2.28 bits per heavy atom. The normalized spacial score (nSPS) is 12.3. The van der Waals surface area contributed by atoms with Gasteiger partial charge in [0.05, 0.1) is 7.11 Å². The van der Waals surface area contributed by atoms with Crippen LogP contribution in [0.2, 0.25) is 0 Å². The molecule has 102 valence electrons. The van der Waals surface area contributed by atoms with Gasteiger partial charge in [-0.05, 0) is 13.0 Å². The van der Waals surface area contributed by atoms with Gasteiger partial charge >= 0.3 is 6.36 Å². The summed E-state index contributed by atoms with van der Waals surface area (Å²) in [4.78, 5) is 2.79. The number of rotatable bonds is 3. The molecule has 10 heteroatoms. The first-order chi connectivity index (χ1) is 8.04. The van der Waals surface area contributed by atoms with E-state index in [1.165, 1.54) is 6.92 Å². The van der Waals surface area contributed by atoms with E-state index in [4.69, 9.17) is 10.7 Å². The van der Waals surface area contributed by atoms with Crippen molar-refractivity contribution in [2.45, 2.75) is 18.2 Å². The van der Waals surface area contributed by atoms with E-state index in [0.29, 0.717) is 0 Å². The number of hydrogen-bond acceptors (Lipinski definition) is 5. The number of pyridine rings is 1. The lowest BCUT2D eigenvalue weighted by molar-refractivity contribution is -0.276. The maximum absolute atomic E-state index is 12.0. The van der Waals surface area contributed by atoms with E-state index in [1.807, 2.05) is 0 Å². The summed E-state index contributed by atoms with van der Waals surface area (Å²) in [6.07, 6.45) is -4.94. The molecule has 0 aliphatic rings. The number of nitrogens with zero attached hydrogens (tertiary/aromatic N) is 1. The summed E-state index contributed by atoms with van der Waals surface area (Å²) in [6.45, 7) is 1.19. The highest BCUT2D eigenvalue weighted by Gasteiger charge is 2.33. The van der Waals surface area contributed by atoms with Crippen LogP contribution in [-0.4, -0.2) is 26.9 Å². The fourth-order valence-corrected chi connectivity index (χ4v) is 2.08. The molecule has 0 amide bonds. The van der Waals surface area contributed by atoms with Crippen LogP contribution in [0.1, 0.15) is 5.56 Å². The van der Waals surface area contributed by atoms with Gasteiger partial charge in [0.15, 0.2) is 0 Å². The predicted molar refractivity (Wildman–Crippen MR) is 55.2 cm³/mol. The molecule has 0 saturated carbocycles. The molecule has 0 N–H and O–H groups in total. The molecule has 1 heterocycles. The Labute approximate surface area is 105 Å². The first-order valence-electron chi connectivity index (χ1n) is 4.30. The highest BCUT2D eigenvalue weighted by molar-refractivity contribution is 8.13. The van der Waals surface area contributed by atoms with Gasteiger partial charge in [-0.25, -0.2) is 8.42 Å². The standard InChI is InChI=1S/C8H7ClF3NO4S/c1-4-3-5(18(9,14)15)7(16-2)13-6(4)17-8(10,11)12/h3H,1-2H3. The van der Waals surface area contributed by atoms with Gasteiger partial charge in [0.2, 0.25) is 11.8 Å². The summed E-state index contributed by atoms with van der Waals surface area (Å²) in [5.74, 6) is -1.38. The number of aryl methyl sites for hydroxylation is 1. The van der Waals surface area contributed by atoms with Crippen molar-refractivity contribution in [2.75, 3.05) is 7.11 Å². The topological polar surface area (TPSA) is 65.5 Å². The summed E-state index contributed by atoms with van der Waals surface area (Å²) in [5.41, 5.74) is -0.146. The number of alkyl halides is 3. The minimum absolute atomic E-state index is 0.146. The molecule has 0 radical (unpaired) electrons. The average molecular weight is 306 g/mol. The van der Waals surface area contributed by atoms with Crippen LogP contribution >= 0.6 is 10.7 Å². The van der Waals surface area contributed by atoms with Gasteiger partial charge in [-0.2, -0.15) is 4.98 Å². The van der Waals surface area contributed by atoms with Crippen molar-refractivity contribution < 1.29 is 31.1 Å². The van der Waals surface area contributed by atoms with E-state index in [2.05, 4.69) is 14.5 Å². The molecule has 0 bridgehead atoms. The van der Waals surface area contributed by atoms with Crippen molar-refractivity contribution in [1.29, 1.82) is 0 Å². The number of halogens is 4. The molecule has 0 fully saturated rings. The molecule has 18 heavy (non-hydrogen) atoms. The van der Waals surface area contributed by atoms with E-state index < -0.39 is 32.1 Å². The minimum atomic E-state index is -4.94. The van der Waals surface area contributed by atoms with Crippen LogP contribution in [0.4, 0.5) is 13.2 Å². The second-order valence-corrected chi connectivity index (χ2v) is 5.64. The van der Waals surface area contributed by atoms with Crippen LogP contribution < -0.4 is 9.47 Å². The lowest BCUT2D eigenvalue weighted by atomic mass is 10.3. The molecule has 5 nitrogen and oxygen atoms in total. The molecule has 0 aliphatic heterocycles. The largest absolute Gasteiger partial charge is 0.574 e. The van der Waals surface area contributed by atoms with Crippen molar-refractivity contribution >= 4 is 19.7 Å². The zero-order valence-corrected chi connectivity index (χ0v) is 10.7. The molecule has 0 aromatic carbocycles. The number of ether oxygens (including phenoxy) is 2. The monoisotopic (exact) mass is 305 g/mol. The average Bonchev–Trinajstić information content (AvgIpc) is 2.17. The van der Waals surface area contributed by atoms with Crippen molar-refractivity contribution in [2.24, 2.45) is 0 Å². The SMILES string of the molecule is COc1nc(OC(F)(F)F)c(C)cc1S(=O)(=O)Cl. The Kier molecular flexibility index (Phi) is 3.96. The zero-order valence-electron chi connectivity index (χ0n) is 9.08. The molecular formula is C8H7ClF3NO4S. The Morgan fingerprint density at radius 2 is 1.89 bits per heavy atom. The molecule has 0 atom stereocenters. The number of methoxy groups -OCH3 is 1. The highest BCUT2D eigenvalue weighted by Crippen LogP contribution is 2.32. The Hall–Kier alpha value is -1.22. The summed E-state index contributed by atoms with van der Waals surface area (Å²) in [7, 11) is 1.95. The smallest absolute Gasteiger partial charge is 0.480 e. The van der Waals surface area contributed by atoms with Gasteiger partial charge in [0.1, 0.15) is 4.90 Å². The van der Waals surface area contributed by atoms with Gasteiger partial charge in [-0.3, -0.25) is 0 Å². The maximum Gasteiger partial charge on any atom is 0.574 e. The lowest BCUT2D eigenvalue weighted by Crippen LogP contribution is -2.19. The molecular weight excluding hydrogens is 299 g/mol. The van der Waals surface area contributed by atoms with E-state index in [1.54, 1.807) is 0 Å². The second kappa shape index (κ2) is 4.81. The van der Waals surface area contributed by atoms with Crippen molar-refractivity contribution in [3.63, 3.8) is 0 Å². The van der Waals surface area contributed by atoms with Gasteiger partial charge in [-0.1, -0.05) is 0 Å². The van der Waals surface area contributed by atoms with Gasteiger partial charge in [0, 0.05) is 16.2 Å². The Balaban J connectivity index is 3.36. The first kappa shape index (κ1) is 14.8. The number of hydrogen-bond donors (Lipinski definition) is 0. The molecule has 0 aliphatic carbocycles. The Bertz CT molecular complexity index is 558. The van der Waals surface area contributed by atoms with Crippen LogP contribution in [0.3, 0.4) is 0 Å². The number of aromatic nitrogens is 1. The third-order valence-electron chi connectivity index (χ3n) is 1.77. The van der Waals surface area contributed by atoms with Crippen molar-refractivity contribution in [1.82, 2.24) is 4.98 Å². The van der Waals surface area contributed by atoms with E-state index >= 15 is 0 Å². The maximum atomic E-state index is 12.0. The molecule has 0 spiro atoms. The molecule has 1 rings (SSSR count). The van der Waals surface area contributed by atoms with Gasteiger partial charge < -0.3 is 9.47 Å². The first-order valence-corrected chi connectivity index (χ1v) is 6.61. The third-order valence-corrected chi connectivity index (χ3v) is 3.08. The van der Waals surface area contributed by atoms with Crippen LogP contribution in [-0.2, 0) is 9.05 Å². The van der Waals surface area contributed by atoms with Crippen LogP contribution in [0.5, 0.6) is 11.8 Å². The fourth-order valence-electron chi connectivity index (χ4n) is 1.09.